The molecule has 0 spiro atoms. The van der Waals surface area contributed by atoms with E-state index < -0.39 is 0 Å². The van der Waals surface area contributed by atoms with E-state index in [1.807, 2.05) is 31.2 Å². The summed E-state index contributed by atoms with van der Waals surface area (Å²) in [6.45, 7) is 5.35. The highest BCUT2D eigenvalue weighted by molar-refractivity contribution is 5.90. The second-order valence-corrected chi connectivity index (χ2v) is 4.77. The molecular formula is C15H22N4O. The fourth-order valence-corrected chi connectivity index (χ4v) is 2.10. The van der Waals surface area contributed by atoms with E-state index in [9.17, 15) is 5.11 Å². The molecule has 1 aromatic carbocycles. The number of hydrogen-bond donors (Lipinski definition) is 3. The van der Waals surface area contributed by atoms with Gasteiger partial charge < -0.3 is 15.7 Å². The molecule has 0 saturated heterocycles. The third kappa shape index (κ3) is 3.57. The van der Waals surface area contributed by atoms with Crippen molar-refractivity contribution in [3.8, 4) is 0 Å². The molecule has 5 nitrogen and oxygen atoms in total. The smallest absolute Gasteiger partial charge is 0.225 e. The summed E-state index contributed by atoms with van der Waals surface area (Å²) in [7, 11) is 0. The van der Waals surface area contributed by atoms with E-state index in [4.69, 9.17) is 0 Å². The summed E-state index contributed by atoms with van der Waals surface area (Å²) in [5, 5.41) is 17.2. The molecule has 2 aromatic rings. The molecule has 3 N–H and O–H groups in total. The molecule has 0 aliphatic rings. The predicted octanol–water partition coefficient (Wildman–Crippen LogP) is 2.63. The van der Waals surface area contributed by atoms with Crippen molar-refractivity contribution in [1.82, 2.24) is 9.97 Å². The first-order valence-corrected chi connectivity index (χ1v) is 7.17. The maximum atomic E-state index is 9.83. The van der Waals surface area contributed by atoms with Gasteiger partial charge in [0.1, 0.15) is 5.82 Å². The number of hydrogen-bond acceptors (Lipinski definition) is 5. The first-order valence-electron chi connectivity index (χ1n) is 7.17. The van der Waals surface area contributed by atoms with Gasteiger partial charge in [-0.05, 0) is 25.5 Å². The fraction of sp³-hybridized carbons (Fsp3) is 0.467. The molecule has 0 amide bonds. The summed E-state index contributed by atoms with van der Waals surface area (Å²) in [5.41, 5.74) is 0.894. The van der Waals surface area contributed by atoms with E-state index in [2.05, 4.69) is 27.5 Å². The molecule has 1 heterocycles. The van der Waals surface area contributed by atoms with Gasteiger partial charge in [0.25, 0.3) is 0 Å². The fourth-order valence-electron chi connectivity index (χ4n) is 2.10. The first-order chi connectivity index (χ1) is 9.74. The molecule has 0 aliphatic carbocycles. The number of rotatable bonds is 7. The van der Waals surface area contributed by atoms with Crippen LogP contribution in [0.2, 0.25) is 0 Å². The molecule has 20 heavy (non-hydrogen) atoms. The van der Waals surface area contributed by atoms with Gasteiger partial charge in [-0.1, -0.05) is 25.5 Å². The van der Waals surface area contributed by atoms with Crippen LogP contribution in [0.1, 0.15) is 26.7 Å². The van der Waals surface area contributed by atoms with Crippen molar-refractivity contribution in [3.63, 3.8) is 0 Å². The second-order valence-electron chi connectivity index (χ2n) is 4.77. The number of nitrogens with zero attached hydrogens (tertiary/aromatic N) is 2. The van der Waals surface area contributed by atoms with Crippen LogP contribution in [-0.2, 0) is 0 Å². The largest absolute Gasteiger partial charge is 0.391 e. The normalized spacial score (nSPS) is 12.3. The average Bonchev–Trinajstić information content (AvgIpc) is 2.45. The predicted molar refractivity (Wildman–Crippen MR) is 83.1 cm³/mol. The van der Waals surface area contributed by atoms with Crippen LogP contribution < -0.4 is 10.6 Å². The average molecular weight is 274 g/mol. The van der Waals surface area contributed by atoms with Crippen LogP contribution in [0.15, 0.2) is 24.3 Å². The summed E-state index contributed by atoms with van der Waals surface area (Å²) in [5.74, 6) is 1.38. The Balaban J connectivity index is 2.25. The minimum Gasteiger partial charge on any atom is -0.391 e. The molecular weight excluding hydrogens is 252 g/mol. The number of anilines is 2. The molecule has 0 saturated carbocycles. The van der Waals surface area contributed by atoms with Gasteiger partial charge in [0, 0.05) is 18.5 Å². The monoisotopic (exact) mass is 274 g/mol. The maximum Gasteiger partial charge on any atom is 0.225 e. The summed E-state index contributed by atoms with van der Waals surface area (Å²) >= 11 is 0. The van der Waals surface area contributed by atoms with Crippen molar-refractivity contribution < 1.29 is 5.11 Å². The lowest BCUT2D eigenvalue weighted by atomic mass is 10.2. The highest BCUT2D eigenvalue weighted by Crippen LogP contribution is 2.21. The van der Waals surface area contributed by atoms with Crippen molar-refractivity contribution in [2.75, 3.05) is 23.7 Å². The lowest BCUT2D eigenvalue weighted by Gasteiger charge is -2.14. The zero-order valence-corrected chi connectivity index (χ0v) is 12.1. The Morgan fingerprint density at radius 3 is 2.70 bits per heavy atom. The number of aliphatic hydroxyl groups excluding tert-OH is 1. The van der Waals surface area contributed by atoms with Gasteiger partial charge in [-0.15, -0.1) is 0 Å². The van der Waals surface area contributed by atoms with Gasteiger partial charge in [0.05, 0.1) is 11.6 Å². The SMILES string of the molecule is CCCC(O)CNc1nc(NCC)nc2ccccc12. The lowest BCUT2D eigenvalue weighted by Crippen LogP contribution is -2.20. The van der Waals surface area contributed by atoms with Crippen LogP contribution in [0.4, 0.5) is 11.8 Å². The van der Waals surface area contributed by atoms with Crippen molar-refractivity contribution >= 4 is 22.7 Å². The van der Waals surface area contributed by atoms with Gasteiger partial charge in [0.2, 0.25) is 5.95 Å². The van der Waals surface area contributed by atoms with E-state index in [0.29, 0.717) is 12.5 Å². The first kappa shape index (κ1) is 14.5. The van der Waals surface area contributed by atoms with Crippen LogP contribution >= 0.6 is 0 Å². The molecule has 1 unspecified atom stereocenters. The summed E-state index contributed by atoms with van der Waals surface area (Å²) < 4.78 is 0. The van der Waals surface area contributed by atoms with Crippen LogP contribution in [0, 0.1) is 0 Å². The van der Waals surface area contributed by atoms with Crippen molar-refractivity contribution in [2.24, 2.45) is 0 Å². The molecule has 1 atom stereocenters. The molecule has 0 radical (unpaired) electrons. The molecule has 1 aromatic heterocycles. The Labute approximate surface area is 119 Å². The van der Waals surface area contributed by atoms with Gasteiger partial charge in [0.15, 0.2) is 0 Å². The van der Waals surface area contributed by atoms with Crippen molar-refractivity contribution in [3.05, 3.63) is 24.3 Å². The maximum absolute atomic E-state index is 9.83. The van der Waals surface area contributed by atoms with E-state index in [1.54, 1.807) is 0 Å². The zero-order valence-electron chi connectivity index (χ0n) is 12.1. The standard InChI is InChI=1S/C15H22N4O/c1-3-7-11(20)10-17-14-12-8-5-6-9-13(12)18-15(19-14)16-4-2/h5-6,8-9,11,20H,3-4,7,10H2,1-2H3,(H2,16,17,18,19). The highest BCUT2D eigenvalue weighted by atomic mass is 16.3. The Hall–Kier alpha value is -1.88. The molecule has 108 valence electrons. The Morgan fingerprint density at radius 1 is 1.15 bits per heavy atom. The van der Waals surface area contributed by atoms with E-state index in [-0.39, 0.29) is 6.10 Å². The third-order valence-electron chi connectivity index (χ3n) is 3.07. The molecule has 0 fully saturated rings. The minimum atomic E-state index is -0.351. The summed E-state index contributed by atoms with van der Waals surface area (Å²) in [6, 6.07) is 7.87. The van der Waals surface area contributed by atoms with Crippen LogP contribution in [0.25, 0.3) is 10.9 Å². The Bertz CT molecular complexity index is 559. The molecule has 2 rings (SSSR count). The third-order valence-corrected chi connectivity index (χ3v) is 3.07. The zero-order chi connectivity index (χ0) is 14.4. The quantitative estimate of drug-likeness (QED) is 0.724. The number of nitrogens with one attached hydrogen (secondary N) is 2. The van der Waals surface area contributed by atoms with E-state index in [0.717, 1.165) is 36.1 Å². The van der Waals surface area contributed by atoms with Crippen LogP contribution in [0.3, 0.4) is 0 Å². The Morgan fingerprint density at radius 2 is 1.95 bits per heavy atom. The molecule has 5 heteroatoms. The Kier molecular flexibility index (Phi) is 5.12. The minimum absolute atomic E-state index is 0.351. The van der Waals surface area contributed by atoms with E-state index in [1.165, 1.54) is 0 Å². The summed E-state index contributed by atoms with van der Waals surface area (Å²) in [4.78, 5) is 8.94. The number of aromatic nitrogens is 2. The second kappa shape index (κ2) is 7.05. The van der Waals surface area contributed by atoms with Gasteiger partial charge in [-0.3, -0.25) is 0 Å². The topological polar surface area (TPSA) is 70.1 Å². The van der Waals surface area contributed by atoms with Gasteiger partial charge in [-0.25, -0.2) is 4.98 Å². The summed E-state index contributed by atoms with van der Waals surface area (Å²) in [6.07, 6.45) is 1.41. The van der Waals surface area contributed by atoms with Crippen molar-refractivity contribution in [1.29, 1.82) is 0 Å². The number of fused-ring (bicyclic) bond motifs is 1. The van der Waals surface area contributed by atoms with Crippen LogP contribution in [0.5, 0.6) is 0 Å². The van der Waals surface area contributed by atoms with Crippen molar-refractivity contribution in [2.45, 2.75) is 32.8 Å². The number of para-hydroxylation sites is 1. The molecule has 0 aliphatic heterocycles. The van der Waals surface area contributed by atoms with Gasteiger partial charge in [-0.2, -0.15) is 4.98 Å². The van der Waals surface area contributed by atoms with E-state index >= 15 is 0 Å². The number of aliphatic hydroxyl groups is 1. The van der Waals surface area contributed by atoms with Crippen LogP contribution in [-0.4, -0.2) is 34.3 Å². The highest BCUT2D eigenvalue weighted by Gasteiger charge is 2.08. The number of benzene rings is 1. The molecule has 0 bridgehead atoms. The van der Waals surface area contributed by atoms with Gasteiger partial charge >= 0.3 is 0 Å². The lowest BCUT2D eigenvalue weighted by molar-refractivity contribution is 0.176.